The van der Waals surface area contributed by atoms with Crippen molar-refractivity contribution in [1.29, 1.82) is 0 Å². The van der Waals surface area contributed by atoms with E-state index in [0.29, 0.717) is 71.6 Å². The van der Waals surface area contributed by atoms with Crippen LogP contribution < -0.4 is 31.4 Å². The fraction of sp³-hybridized carbons (Fsp3) is 0.467. The summed E-state index contributed by atoms with van der Waals surface area (Å²) in [5, 5.41) is 12.5. The number of ether oxygens (including phenoxy) is 6. The number of rotatable bonds is 19. The molecule has 1 N–H and O–H groups in total. The zero-order valence-corrected chi connectivity index (χ0v) is 49.6. The normalized spacial score (nSPS) is 18.5. The number of piperidine rings is 2. The fourth-order valence-electron chi connectivity index (χ4n) is 10.9. The van der Waals surface area contributed by atoms with Crippen molar-refractivity contribution in [3.8, 4) is 23.0 Å². The van der Waals surface area contributed by atoms with E-state index in [1.54, 1.807) is 52.5 Å². The molecule has 4 aliphatic rings. The molecular formula is C60H81ClMgN6O10. The minimum atomic E-state index is -1.45. The van der Waals surface area contributed by atoms with E-state index in [-0.39, 0.29) is 60.0 Å². The molecule has 4 fully saturated rings. The van der Waals surface area contributed by atoms with E-state index in [0.717, 1.165) is 82.6 Å². The van der Waals surface area contributed by atoms with Gasteiger partial charge in [0, 0.05) is 78.7 Å². The quantitative estimate of drug-likeness (QED) is 0.0552. The number of likely N-dealkylation sites (tertiary alicyclic amines) is 2. The van der Waals surface area contributed by atoms with Gasteiger partial charge in [-0.25, -0.2) is 28.7 Å². The summed E-state index contributed by atoms with van der Waals surface area (Å²) >= 11 is 0. The molecule has 0 aromatic heterocycles. The van der Waals surface area contributed by atoms with Crippen molar-refractivity contribution in [2.45, 2.75) is 89.4 Å². The third kappa shape index (κ3) is 15.4. The van der Waals surface area contributed by atoms with Gasteiger partial charge in [0.25, 0.3) is 5.91 Å². The number of urea groups is 2. The Kier molecular flexibility index (Phi) is 25.2. The van der Waals surface area contributed by atoms with Gasteiger partial charge in [0.05, 0.1) is 60.3 Å². The Balaban J connectivity index is 0.000000309. The van der Waals surface area contributed by atoms with Gasteiger partial charge in [0.15, 0.2) is 5.72 Å². The van der Waals surface area contributed by atoms with Gasteiger partial charge < -0.3 is 55.7 Å². The predicted molar refractivity (Wildman–Crippen MR) is 301 cm³/mol. The molecule has 2 spiro atoms. The standard InChI is InChI=1S/C30H41N3O5.C26H33N3O5.C4H7.ClH.Mg/c1-23(2)20-30(35)29(32(15-16-36-3)28(34)33(30)22-24-9-7-6-8-10-24)11-13-31(14-12-29)21-25-17-26(37-4)19-27(18-25)38-5;1-32-14-13-29-25(31)28(19-20-7-5-4-6-8-20)24(30)26(29)9-11-27(12-10-26)18-21-15-22(33-2)17-23(16-21)34-3;1-4(2)3;;/h6-10,17-20,35H,11-16,21-22H2,1-5H3;4-8,15-17H,9-14,18-19H2,1-3H3;1-2H2,3H3;1H;/q;;-1;;+2/p-1. The number of halogens is 1. The summed E-state index contributed by atoms with van der Waals surface area (Å²) in [5.41, 5.74) is 2.97. The average molecular weight is 1110 g/mol. The summed E-state index contributed by atoms with van der Waals surface area (Å²) < 4.78 is 32.3. The molecule has 0 aliphatic carbocycles. The van der Waals surface area contributed by atoms with Crippen molar-refractivity contribution in [3.05, 3.63) is 150 Å². The molecule has 0 radical (unpaired) electrons. The zero-order chi connectivity index (χ0) is 55.0. The smallest absolute Gasteiger partial charge is 1.00 e. The number of imide groups is 1. The second kappa shape index (κ2) is 30.2. The van der Waals surface area contributed by atoms with Gasteiger partial charge in [0.1, 0.15) is 28.5 Å². The first kappa shape index (κ1) is 65.0. The van der Waals surface area contributed by atoms with E-state index < -0.39 is 16.8 Å². The van der Waals surface area contributed by atoms with Gasteiger partial charge in [-0.05, 0) is 92.1 Å². The van der Waals surface area contributed by atoms with Crippen LogP contribution in [0.1, 0.15) is 68.7 Å². The Hall–Kier alpha value is -5.50. The molecule has 4 aliphatic heterocycles. The predicted octanol–water partition coefficient (Wildman–Crippen LogP) is 5.45. The number of methoxy groups -OCH3 is 6. The third-order valence-electron chi connectivity index (χ3n) is 14.6. The number of allylic oxidation sites excluding steroid dienone is 2. The van der Waals surface area contributed by atoms with Crippen molar-refractivity contribution in [2.75, 3.05) is 95.1 Å². The van der Waals surface area contributed by atoms with Crippen LogP contribution in [-0.4, -0.2) is 187 Å². The van der Waals surface area contributed by atoms with Gasteiger partial charge in [-0.15, -0.1) is 0 Å². The number of benzene rings is 4. The maximum Gasteiger partial charge on any atom is 2.00 e. The van der Waals surface area contributed by atoms with Crippen LogP contribution in [0.4, 0.5) is 9.59 Å². The monoisotopic (exact) mass is 1100 g/mol. The Morgan fingerprint density at radius 3 is 1.37 bits per heavy atom. The second-order valence-corrected chi connectivity index (χ2v) is 20.3. The summed E-state index contributed by atoms with van der Waals surface area (Å²) in [6.45, 7) is 19.3. The number of hydrogen-bond donors (Lipinski definition) is 1. The fourth-order valence-corrected chi connectivity index (χ4v) is 10.9. The Labute approximate surface area is 485 Å². The maximum absolute atomic E-state index is 14.0. The van der Waals surface area contributed by atoms with E-state index in [4.69, 9.17) is 28.4 Å². The third-order valence-corrected chi connectivity index (χ3v) is 14.6. The molecule has 4 aromatic carbocycles. The van der Waals surface area contributed by atoms with Crippen LogP contribution in [0.2, 0.25) is 0 Å². The van der Waals surface area contributed by atoms with Gasteiger partial charge in [-0.3, -0.25) is 24.4 Å². The second-order valence-electron chi connectivity index (χ2n) is 20.3. The van der Waals surface area contributed by atoms with E-state index in [9.17, 15) is 19.5 Å². The summed E-state index contributed by atoms with van der Waals surface area (Å²) in [6.07, 6.45) is 4.33. The topological polar surface area (TPSA) is 146 Å². The van der Waals surface area contributed by atoms with Crippen LogP contribution in [0.25, 0.3) is 0 Å². The Morgan fingerprint density at radius 2 is 0.974 bits per heavy atom. The van der Waals surface area contributed by atoms with Crippen molar-refractivity contribution >= 4 is 41.0 Å². The molecule has 1 atom stereocenters. The van der Waals surface area contributed by atoms with Crippen molar-refractivity contribution in [3.63, 3.8) is 0 Å². The van der Waals surface area contributed by atoms with Crippen molar-refractivity contribution in [1.82, 2.24) is 29.4 Å². The maximum atomic E-state index is 14.0. The number of carbonyl (C=O) groups is 3. The van der Waals surface area contributed by atoms with E-state index >= 15 is 0 Å². The minimum Gasteiger partial charge on any atom is -1.00 e. The minimum absolute atomic E-state index is 0. The van der Waals surface area contributed by atoms with Crippen LogP contribution in [0.15, 0.2) is 121 Å². The van der Waals surface area contributed by atoms with E-state index in [1.165, 1.54) is 4.90 Å². The number of carbonyl (C=O) groups excluding carboxylic acids is 3. The molecule has 0 saturated carbocycles. The molecule has 1 unspecified atom stereocenters. The average Bonchev–Trinajstić information content (AvgIpc) is 3.69. The molecule has 4 saturated heterocycles. The molecule has 16 nitrogen and oxygen atoms in total. The van der Waals surface area contributed by atoms with E-state index in [1.807, 2.05) is 129 Å². The van der Waals surface area contributed by atoms with Gasteiger partial charge in [-0.1, -0.05) is 73.2 Å². The number of amides is 5. The first-order valence-electron chi connectivity index (χ1n) is 26.0. The first-order chi connectivity index (χ1) is 36.5. The molecular weight excluding hydrogens is 1020 g/mol. The molecule has 8 rings (SSSR count). The summed E-state index contributed by atoms with van der Waals surface area (Å²) in [5.74, 6) is 2.92. The Morgan fingerprint density at radius 1 is 0.577 bits per heavy atom. The summed E-state index contributed by atoms with van der Waals surface area (Å²) in [4.78, 5) is 52.3. The molecule has 4 aromatic rings. The van der Waals surface area contributed by atoms with Crippen LogP contribution in [-0.2, 0) is 40.4 Å². The van der Waals surface area contributed by atoms with Crippen LogP contribution in [0.5, 0.6) is 23.0 Å². The van der Waals surface area contributed by atoms with Crippen LogP contribution >= 0.6 is 0 Å². The first-order valence-corrected chi connectivity index (χ1v) is 26.0. The SMILES string of the molecule is C=C([CH2-])C.COCCN1C(=O)N(Cc2ccccc2)C(=O)C12CCN(Cc1cc(OC)cc(OC)c1)CC2.COCCN1C(=O)N(Cc2ccccc2)C(O)(C=C(C)C)C12CCN(Cc1cc(OC)cc(OC)c1)CC2.[Cl-].[Mg+2]. The molecule has 420 valence electrons. The number of nitrogens with zero attached hydrogens (tertiary/aromatic N) is 6. The largest absolute Gasteiger partial charge is 2.00 e. The molecule has 78 heavy (non-hydrogen) atoms. The molecule has 0 bridgehead atoms. The van der Waals surface area contributed by atoms with Crippen LogP contribution in [0, 0.1) is 6.92 Å². The molecule has 5 amide bonds. The summed E-state index contributed by atoms with van der Waals surface area (Å²) in [6, 6.07) is 30.9. The van der Waals surface area contributed by atoms with Crippen LogP contribution in [0.3, 0.4) is 0 Å². The summed E-state index contributed by atoms with van der Waals surface area (Å²) in [7, 11) is 9.84. The molecule has 4 heterocycles. The number of hydrogen-bond acceptors (Lipinski definition) is 12. The van der Waals surface area contributed by atoms with Crippen molar-refractivity contribution < 1.29 is 60.3 Å². The van der Waals surface area contributed by atoms with Gasteiger partial charge >= 0.3 is 35.1 Å². The number of aliphatic hydroxyl groups is 1. The van der Waals surface area contributed by atoms with Gasteiger partial charge in [-0.2, -0.15) is 0 Å². The Bertz CT molecular complexity index is 2540. The molecule has 18 heteroatoms. The van der Waals surface area contributed by atoms with E-state index in [2.05, 4.69) is 23.3 Å². The van der Waals surface area contributed by atoms with Gasteiger partial charge in [0.2, 0.25) is 0 Å². The zero-order valence-electron chi connectivity index (χ0n) is 47.4. The van der Waals surface area contributed by atoms with Crippen molar-refractivity contribution in [2.24, 2.45) is 0 Å².